The van der Waals surface area contributed by atoms with Crippen molar-refractivity contribution in [1.29, 1.82) is 0 Å². The molecule has 0 radical (unpaired) electrons. The highest BCUT2D eigenvalue weighted by atomic mass is 16.5. The standard InChI is InChI=1S/C13H14N6O2/c1-20-11-4-2-3-9(5-11)13-15-12(21-17-13)8-19-7-10(6-14)16-18-19/h2-5,7H,6,8,14H2,1H3. The number of methoxy groups -OCH3 is 1. The zero-order valence-corrected chi connectivity index (χ0v) is 11.4. The number of nitrogens with zero attached hydrogens (tertiary/aromatic N) is 5. The van der Waals surface area contributed by atoms with Crippen molar-refractivity contribution in [1.82, 2.24) is 25.1 Å². The molecule has 0 spiro atoms. The molecule has 8 heteroatoms. The van der Waals surface area contributed by atoms with Gasteiger partial charge in [-0.25, -0.2) is 4.68 Å². The van der Waals surface area contributed by atoms with Crippen LogP contribution in [-0.4, -0.2) is 32.2 Å². The lowest BCUT2D eigenvalue weighted by molar-refractivity contribution is 0.364. The Hall–Kier alpha value is -2.74. The van der Waals surface area contributed by atoms with Crippen LogP contribution in [0.5, 0.6) is 5.75 Å². The summed E-state index contributed by atoms with van der Waals surface area (Å²) in [6.45, 7) is 0.697. The molecule has 21 heavy (non-hydrogen) atoms. The number of hydrogen-bond donors (Lipinski definition) is 1. The van der Waals surface area contributed by atoms with E-state index in [-0.39, 0.29) is 0 Å². The van der Waals surface area contributed by atoms with Gasteiger partial charge in [-0.15, -0.1) is 5.10 Å². The van der Waals surface area contributed by atoms with E-state index in [4.69, 9.17) is 15.0 Å². The van der Waals surface area contributed by atoms with Gasteiger partial charge < -0.3 is 15.0 Å². The Morgan fingerprint density at radius 3 is 3.05 bits per heavy atom. The fourth-order valence-electron chi connectivity index (χ4n) is 1.85. The summed E-state index contributed by atoms with van der Waals surface area (Å²) in [6, 6.07) is 7.46. The molecule has 8 nitrogen and oxygen atoms in total. The summed E-state index contributed by atoms with van der Waals surface area (Å²) in [5.74, 6) is 1.69. The van der Waals surface area contributed by atoms with Crippen LogP contribution in [0.15, 0.2) is 35.0 Å². The first-order chi connectivity index (χ1) is 10.3. The molecule has 2 N–H and O–H groups in total. The van der Waals surface area contributed by atoms with Crippen molar-refractivity contribution in [3.63, 3.8) is 0 Å². The maximum absolute atomic E-state index is 5.48. The van der Waals surface area contributed by atoms with Crippen molar-refractivity contribution in [2.75, 3.05) is 7.11 Å². The fraction of sp³-hybridized carbons (Fsp3) is 0.231. The lowest BCUT2D eigenvalue weighted by atomic mass is 10.2. The van der Waals surface area contributed by atoms with E-state index in [1.807, 2.05) is 24.3 Å². The molecule has 0 aliphatic heterocycles. The van der Waals surface area contributed by atoms with Gasteiger partial charge in [-0.05, 0) is 12.1 Å². The van der Waals surface area contributed by atoms with Gasteiger partial charge in [0.05, 0.1) is 19.0 Å². The van der Waals surface area contributed by atoms with Crippen LogP contribution in [0.4, 0.5) is 0 Å². The van der Waals surface area contributed by atoms with Gasteiger partial charge in [-0.2, -0.15) is 4.98 Å². The monoisotopic (exact) mass is 286 g/mol. The molecule has 3 rings (SSSR count). The van der Waals surface area contributed by atoms with Crippen LogP contribution < -0.4 is 10.5 Å². The molecule has 0 saturated carbocycles. The van der Waals surface area contributed by atoms with Gasteiger partial charge in [-0.1, -0.05) is 22.5 Å². The Bertz CT molecular complexity index is 736. The van der Waals surface area contributed by atoms with Crippen LogP contribution in [0.25, 0.3) is 11.4 Å². The van der Waals surface area contributed by atoms with Gasteiger partial charge in [0.25, 0.3) is 0 Å². The van der Waals surface area contributed by atoms with Crippen LogP contribution in [0.3, 0.4) is 0 Å². The largest absolute Gasteiger partial charge is 0.497 e. The van der Waals surface area contributed by atoms with Gasteiger partial charge >= 0.3 is 0 Å². The zero-order chi connectivity index (χ0) is 14.7. The summed E-state index contributed by atoms with van der Waals surface area (Å²) in [4.78, 5) is 4.33. The van der Waals surface area contributed by atoms with Crippen LogP contribution in [-0.2, 0) is 13.1 Å². The Labute approximate surface area is 120 Å². The fourth-order valence-corrected chi connectivity index (χ4v) is 1.85. The third-order valence-corrected chi connectivity index (χ3v) is 2.89. The second-order valence-electron chi connectivity index (χ2n) is 4.36. The molecule has 2 aromatic heterocycles. The quantitative estimate of drug-likeness (QED) is 0.741. The molecule has 0 unspecified atom stereocenters. The predicted molar refractivity (Wildman–Crippen MR) is 73.3 cm³/mol. The molecule has 0 atom stereocenters. The minimum absolute atomic E-state index is 0.346. The third kappa shape index (κ3) is 2.90. The highest BCUT2D eigenvalue weighted by Crippen LogP contribution is 2.21. The number of rotatable bonds is 5. The normalized spacial score (nSPS) is 10.8. The SMILES string of the molecule is COc1cccc(-c2noc(Cn3cc(CN)nn3)n2)c1. The summed E-state index contributed by atoms with van der Waals surface area (Å²) in [7, 11) is 1.61. The minimum Gasteiger partial charge on any atom is -0.497 e. The first-order valence-electron chi connectivity index (χ1n) is 6.34. The molecular formula is C13H14N6O2. The van der Waals surface area contributed by atoms with Crippen LogP contribution in [0, 0.1) is 0 Å². The molecule has 0 saturated heterocycles. The molecule has 0 aliphatic carbocycles. The first kappa shape index (κ1) is 13.3. The van der Waals surface area contributed by atoms with Crippen molar-refractivity contribution in [2.45, 2.75) is 13.1 Å². The Kier molecular flexibility index (Phi) is 3.61. The first-order valence-corrected chi connectivity index (χ1v) is 6.34. The molecule has 2 heterocycles. The number of nitrogens with two attached hydrogens (primary N) is 1. The van der Waals surface area contributed by atoms with Crippen LogP contribution in [0.2, 0.25) is 0 Å². The van der Waals surface area contributed by atoms with E-state index in [9.17, 15) is 0 Å². The van der Waals surface area contributed by atoms with Crippen molar-refractivity contribution in [3.05, 3.63) is 42.0 Å². The van der Waals surface area contributed by atoms with Gasteiger partial charge in [0.15, 0.2) is 0 Å². The van der Waals surface area contributed by atoms with Crippen molar-refractivity contribution < 1.29 is 9.26 Å². The topological polar surface area (TPSA) is 105 Å². The average molecular weight is 286 g/mol. The van der Waals surface area contributed by atoms with Crippen molar-refractivity contribution >= 4 is 0 Å². The molecule has 0 aliphatic rings. The summed E-state index contributed by atoms with van der Waals surface area (Å²) in [6.07, 6.45) is 1.75. The van der Waals surface area contributed by atoms with Crippen LogP contribution >= 0.6 is 0 Å². The summed E-state index contributed by atoms with van der Waals surface area (Å²) < 4.78 is 12.0. The Balaban J connectivity index is 1.79. The third-order valence-electron chi connectivity index (χ3n) is 2.89. The predicted octanol–water partition coefficient (Wildman–Crippen LogP) is 0.844. The second kappa shape index (κ2) is 5.71. The van der Waals surface area contributed by atoms with Gasteiger partial charge in [0, 0.05) is 12.1 Å². The molecule has 0 amide bonds. The van der Waals surface area contributed by atoms with E-state index in [2.05, 4.69) is 20.5 Å². The van der Waals surface area contributed by atoms with E-state index in [0.717, 1.165) is 11.3 Å². The van der Waals surface area contributed by atoms with Gasteiger partial charge in [-0.3, -0.25) is 0 Å². The lowest BCUT2D eigenvalue weighted by Gasteiger charge is -1.99. The van der Waals surface area contributed by atoms with Crippen molar-refractivity contribution in [3.8, 4) is 17.1 Å². The van der Waals surface area contributed by atoms with Gasteiger partial charge in [0.2, 0.25) is 11.7 Å². The molecule has 0 bridgehead atoms. The summed E-state index contributed by atoms with van der Waals surface area (Å²) >= 11 is 0. The molecular weight excluding hydrogens is 272 g/mol. The van der Waals surface area contributed by atoms with E-state index < -0.39 is 0 Å². The van der Waals surface area contributed by atoms with E-state index in [0.29, 0.717) is 30.5 Å². The second-order valence-corrected chi connectivity index (χ2v) is 4.36. The molecule has 0 fully saturated rings. The zero-order valence-electron chi connectivity index (χ0n) is 11.4. The van der Waals surface area contributed by atoms with Gasteiger partial charge in [0.1, 0.15) is 12.3 Å². The number of ether oxygens (including phenoxy) is 1. The van der Waals surface area contributed by atoms with E-state index >= 15 is 0 Å². The Morgan fingerprint density at radius 1 is 1.38 bits per heavy atom. The smallest absolute Gasteiger partial charge is 0.248 e. The Morgan fingerprint density at radius 2 is 2.29 bits per heavy atom. The van der Waals surface area contributed by atoms with Crippen LogP contribution in [0.1, 0.15) is 11.6 Å². The number of aromatic nitrogens is 5. The lowest BCUT2D eigenvalue weighted by Crippen LogP contribution is -2.00. The van der Waals surface area contributed by atoms with E-state index in [1.165, 1.54) is 0 Å². The maximum atomic E-state index is 5.48. The molecule has 1 aromatic carbocycles. The average Bonchev–Trinajstić information content (AvgIpc) is 3.17. The molecule has 108 valence electrons. The summed E-state index contributed by atoms with van der Waals surface area (Å²) in [5, 5.41) is 11.8. The summed E-state index contributed by atoms with van der Waals surface area (Å²) in [5.41, 5.74) is 7.02. The minimum atomic E-state index is 0.346. The van der Waals surface area contributed by atoms with E-state index in [1.54, 1.807) is 18.0 Å². The number of benzene rings is 1. The maximum Gasteiger partial charge on any atom is 0.248 e. The molecule has 3 aromatic rings. The van der Waals surface area contributed by atoms with Crippen molar-refractivity contribution in [2.24, 2.45) is 5.73 Å². The highest BCUT2D eigenvalue weighted by molar-refractivity contribution is 5.56. The number of hydrogen-bond acceptors (Lipinski definition) is 7. The highest BCUT2D eigenvalue weighted by Gasteiger charge is 2.10.